The number of hydrogen-bond donors (Lipinski definition) is 0. The number of ether oxygens (including phenoxy) is 2. The van der Waals surface area contributed by atoms with Crippen molar-refractivity contribution in [2.75, 3.05) is 14.2 Å². The van der Waals surface area contributed by atoms with Crippen molar-refractivity contribution in [3.63, 3.8) is 0 Å². The fraction of sp³-hybridized carbons (Fsp3) is 0.269. The molecule has 38 heavy (non-hydrogen) atoms. The molecule has 1 fully saturated rings. The Hall–Kier alpha value is -4.48. The highest BCUT2D eigenvalue weighted by atomic mass is 19.4. The molecule has 1 aliphatic carbocycles. The molecule has 4 heterocycles. The SMILES string of the molecule is COc1ncc(-c2cc(C3CC3c3ccc4c(c3)c(=O)ccn4CC(F)(F)F)c3nccn3n2)c(OC)n1. The van der Waals surface area contributed by atoms with Crippen LogP contribution in [0.15, 0.2) is 59.9 Å². The highest BCUT2D eigenvalue weighted by Gasteiger charge is 2.41. The molecule has 2 atom stereocenters. The number of rotatable bonds is 6. The molecule has 12 heteroatoms. The predicted molar refractivity (Wildman–Crippen MR) is 131 cm³/mol. The van der Waals surface area contributed by atoms with Crippen molar-refractivity contribution in [1.82, 2.24) is 29.1 Å². The molecular weight excluding hydrogens is 501 g/mol. The fourth-order valence-electron chi connectivity index (χ4n) is 4.92. The molecule has 0 N–H and O–H groups in total. The second-order valence-electron chi connectivity index (χ2n) is 9.11. The lowest BCUT2D eigenvalue weighted by atomic mass is 10.0. The van der Waals surface area contributed by atoms with Gasteiger partial charge < -0.3 is 14.0 Å². The molecule has 0 amide bonds. The van der Waals surface area contributed by atoms with Crippen molar-refractivity contribution in [2.45, 2.75) is 31.0 Å². The molecule has 1 aromatic carbocycles. The van der Waals surface area contributed by atoms with Gasteiger partial charge in [-0.15, -0.1) is 0 Å². The second-order valence-corrected chi connectivity index (χ2v) is 9.11. The van der Waals surface area contributed by atoms with E-state index in [1.165, 1.54) is 26.5 Å². The number of fused-ring (bicyclic) bond motifs is 2. The first-order valence-electron chi connectivity index (χ1n) is 11.8. The highest BCUT2D eigenvalue weighted by molar-refractivity contribution is 5.80. The maximum atomic E-state index is 13.0. The Labute approximate surface area is 213 Å². The molecule has 0 saturated heterocycles. The van der Waals surface area contributed by atoms with Gasteiger partial charge in [-0.05, 0) is 42.0 Å². The molecule has 1 aliphatic rings. The van der Waals surface area contributed by atoms with Gasteiger partial charge in [0.25, 0.3) is 0 Å². The van der Waals surface area contributed by atoms with E-state index in [9.17, 15) is 18.0 Å². The van der Waals surface area contributed by atoms with Crippen LogP contribution in [0.3, 0.4) is 0 Å². The van der Waals surface area contributed by atoms with Gasteiger partial charge in [0, 0.05) is 41.8 Å². The summed E-state index contributed by atoms with van der Waals surface area (Å²) >= 11 is 0. The van der Waals surface area contributed by atoms with Gasteiger partial charge in [-0.3, -0.25) is 4.79 Å². The predicted octanol–water partition coefficient (Wildman–Crippen LogP) is 4.35. The number of imidazole rings is 1. The van der Waals surface area contributed by atoms with Crippen LogP contribution < -0.4 is 14.9 Å². The molecule has 194 valence electrons. The zero-order valence-corrected chi connectivity index (χ0v) is 20.3. The third kappa shape index (κ3) is 4.21. The topological polar surface area (TPSA) is 96.4 Å². The van der Waals surface area contributed by atoms with E-state index in [1.807, 2.05) is 6.07 Å². The molecule has 0 radical (unpaired) electrons. The van der Waals surface area contributed by atoms with E-state index in [2.05, 4.69) is 20.1 Å². The molecule has 6 rings (SSSR count). The minimum Gasteiger partial charge on any atom is -0.480 e. The largest absolute Gasteiger partial charge is 0.480 e. The van der Waals surface area contributed by atoms with Crippen LogP contribution in [0.5, 0.6) is 11.9 Å². The van der Waals surface area contributed by atoms with Gasteiger partial charge in [0.15, 0.2) is 11.1 Å². The lowest BCUT2D eigenvalue weighted by Crippen LogP contribution is -2.19. The van der Waals surface area contributed by atoms with Crippen LogP contribution in [0.1, 0.15) is 29.4 Å². The maximum absolute atomic E-state index is 13.0. The zero-order valence-electron chi connectivity index (χ0n) is 20.3. The normalized spacial score (nSPS) is 17.2. The summed E-state index contributed by atoms with van der Waals surface area (Å²) in [6, 6.07) is 8.37. The number of methoxy groups -OCH3 is 2. The quantitative estimate of drug-likeness (QED) is 0.327. The summed E-state index contributed by atoms with van der Waals surface area (Å²) in [5, 5.41) is 4.91. The summed E-state index contributed by atoms with van der Waals surface area (Å²) in [4.78, 5) is 25.5. The van der Waals surface area contributed by atoms with Crippen molar-refractivity contribution in [3.8, 4) is 23.1 Å². The Balaban J connectivity index is 1.38. The third-order valence-corrected chi connectivity index (χ3v) is 6.74. The first-order chi connectivity index (χ1) is 18.3. The van der Waals surface area contributed by atoms with Crippen LogP contribution >= 0.6 is 0 Å². The fourth-order valence-corrected chi connectivity index (χ4v) is 4.92. The number of alkyl halides is 3. The molecular formula is C26H21F3N6O3. The van der Waals surface area contributed by atoms with Gasteiger partial charge in [-0.2, -0.15) is 23.3 Å². The van der Waals surface area contributed by atoms with Crippen LogP contribution in [-0.4, -0.2) is 49.5 Å². The Morgan fingerprint density at radius 3 is 2.66 bits per heavy atom. The standard InChI is InChI=1S/C26H21F3N6O3/c1-37-24-19(12-31-25(32-24)38-2)20-11-17(23-30-6-8-35(23)33-20)16-10-15(16)14-3-4-21-18(9-14)22(36)5-7-34(21)13-26(27,28)29/h3-9,11-12,15-16H,10,13H2,1-2H3. The molecule has 1 saturated carbocycles. The summed E-state index contributed by atoms with van der Waals surface area (Å²) in [5.41, 5.74) is 3.64. The van der Waals surface area contributed by atoms with Gasteiger partial charge >= 0.3 is 12.2 Å². The first kappa shape index (κ1) is 23.9. The number of pyridine rings is 1. The summed E-state index contributed by atoms with van der Waals surface area (Å²) < 4.78 is 52.4. The Morgan fingerprint density at radius 1 is 1.05 bits per heavy atom. The van der Waals surface area contributed by atoms with Crippen LogP contribution in [0.25, 0.3) is 27.8 Å². The number of benzene rings is 1. The summed E-state index contributed by atoms with van der Waals surface area (Å²) in [6.07, 6.45) is 2.57. The van der Waals surface area contributed by atoms with Crippen LogP contribution in [-0.2, 0) is 6.54 Å². The van der Waals surface area contributed by atoms with Crippen molar-refractivity contribution >= 4 is 16.6 Å². The minimum absolute atomic E-state index is 0.0693. The third-order valence-electron chi connectivity index (χ3n) is 6.74. The van der Waals surface area contributed by atoms with E-state index in [-0.39, 0.29) is 34.2 Å². The molecule has 5 aromatic rings. The van der Waals surface area contributed by atoms with Crippen molar-refractivity contribution in [1.29, 1.82) is 0 Å². The molecule has 0 aliphatic heterocycles. The number of hydrogen-bond acceptors (Lipinski definition) is 7. The molecule has 0 bridgehead atoms. The molecule has 9 nitrogen and oxygen atoms in total. The van der Waals surface area contributed by atoms with Crippen molar-refractivity contribution in [3.05, 3.63) is 76.5 Å². The number of nitrogens with zero attached hydrogens (tertiary/aromatic N) is 6. The van der Waals surface area contributed by atoms with E-state index in [4.69, 9.17) is 9.47 Å². The molecule has 2 unspecified atom stereocenters. The first-order valence-corrected chi connectivity index (χ1v) is 11.8. The number of aromatic nitrogens is 6. The lowest BCUT2D eigenvalue weighted by molar-refractivity contribution is -0.139. The van der Waals surface area contributed by atoms with Gasteiger partial charge in [-0.1, -0.05) is 6.07 Å². The second kappa shape index (κ2) is 8.82. The molecule has 4 aromatic heterocycles. The summed E-state index contributed by atoms with van der Waals surface area (Å²) in [5.74, 6) is 0.456. The van der Waals surface area contributed by atoms with Crippen LogP contribution in [0.2, 0.25) is 0 Å². The smallest absolute Gasteiger partial charge is 0.406 e. The van der Waals surface area contributed by atoms with Crippen LogP contribution in [0.4, 0.5) is 13.2 Å². The zero-order chi connectivity index (χ0) is 26.6. The Morgan fingerprint density at radius 2 is 1.89 bits per heavy atom. The lowest BCUT2D eigenvalue weighted by Gasteiger charge is -2.14. The van der Waals surface area contributed by atoms with E-state index >= 15 is 0 Å². The summed E-state index contributed by atoms with van der Waals surface area (Å²) in [7, 11) is 2.97. The van der Waals surface area contributed by atoms with Crippen molar-refractivity contribution in [2.24, 2.45) is 0 Å². The van der Waals surface area contributed by atoms with Gasteiger partial charge in [0.05, 0.1) is 31.0 Å². The monoisotopic (exact) mass is 522 g/mol. The van der Waals surface area contributed by atoms with E-state index in [1.54, 1.807) is 41.3 Å². The number of halogens is 3. The average Bonchev–Trinajstić information content (AvgIpc) is 3.56. The van der Waals surface area contributed by atoms with Gasteiger partial charge in [-0.25, -0.2) is 14.5 Å². The maximum Gasteiger partial charge on any atom is 0.406 e. The minimum atomic E-state index is -4.39. The van der Waals surface area contributed by atoms with Gasteiger partial charge in [0.2, 0.25) is 5.88 Å². The Bertz CT molecular complexity index is 1750. The van der Waals surface area contributed by atoms with E-state index in [0.29, 0.717) is 22.8 Å². The van der Waals surface area contributed by atoms with E-state index in [0.717, 1.165) is 22.1 Å². The van der Waals surface area contributed by atoms with Crippen LogP contribution in [0, 0.1) is 0 Å². The Kier molecular flexibility index (Phi) is 5.55. The van der Waals surface area contributed by atoms with E-state index < -0.39 is 12.7 Å². The highest BCUT2D eigenvalue weighted by Crippen LogP contribution is 2.56. The summed E-state index contributed by atoms with van der Waals surface area (Å²) in [6.45, 7) is -1.16. The van der Waals surface area contributed by atoms with Crippen molar-refractivity contribution < 1.29 is 22.6 Å². The average molecular weight is 522 g/mol. The molecule has 0 spiro atoms. The van der Waals surface area contributed by atoms with Gasteiger partial charge in [0.1, 0.15) is 6.54 Å².